The quantitative estimate of drug-likeness (QED) is 0.712. The summed E-state index contributed by atoms with van der Waals surface area (Å²) in [6.07, 6.45) is 3.87. The molecule has 2 nitrogen and oxygen atoms in total. The van der Waals surface area contributed by atoms with Gasteiger partial charge in [0.05, 0.1) is 0 Å². The number of rotatable bonds is 8. The third kappa shape index (κ3) is 4.79. The van der Waals surface area contributed by atoms with Gasteiger partial charge in [0.15, 0.2) is 0 Å². The van der Waals surface area contributed by atoms with Crippen LogP contribution in [0.1, 0.15) is 36.0 Å². The van der Waals surface area contributed by atoms with Crippen molar-refractivity contribution in [2.75, 3.05) is 19.8 Å². The van der Waals surface area contributed by atoms with Crippen molar-refractivity contribution in [2.24, 2.45) is 5.92 Å². The molecule has 2 heteroatoms. The number of hydrogen-bond donors (Lipinski definition) is 1. The van der Waals surface area contributed by atoms with E-state index in [1.807, 2.05) is 0 Å². The predicted octanol–water partition coefficient (Wildman–Crippen LogP) is 3.21. The summed E-state index contributed by atoms with van der Waals surface area (Å²) in [6.45, 7) is 8.21. The van der Waals surface area contributed by atoms with Crippen LogP contribution < -0.4 is 5.32 Å². The zero-order valence-corrected chi connectivity index (χ0v) is 11.7. The van der Waals surface area contributed by atoms with Gasteiger partial charge in [-0.1, -0.05) is 23.8 Å². The monoisotopic (exact) mass is 247 g/mol. The highest BCUT2D eigenvalue weighted by Crippen LogP contribution is 2.28. The van der Waals surface area contributed by atoms with Gasteiger partial charge in [-0.25, -0.2) is 0 Å². The molecule has 0 atom stereocenters. The lowest BCUT2D eigenvalue weighted by atomic mass is 10.1. The molecule has 0 amide bonds. The highest BCUT2D eigenvalue weighted by atomic mass is 16.5. The van der Waals surface area contributed by atoms with Crippen molar-refractivity contribution in [3.8, 4) is 0 Å². The molecule has 2 rings (SSSR count). The lowest BCUT2D eigenvalue weighted by Gasteiger charge is -2.09. The molecule has 0 unspecified atom stereocenters. The summed E-state index contributed by atoms with van der Waals surface area (Å²) in [5.74, 6) is 0.882. The van der Waals surface area contributed by atoms with Gasteiger partial charge in [-0.3, -0.25) is 0 Å². The molecule has 1 aromatic rings. The maximum atomic E-state index is 5.61. The van der Waals surface area contributed by atoms with Crippen molar-refractivity contribution < 1.29 is 4.74 Å². The van der Waals surface area contributed by atoms with Crippen LogP contribution in [0, 0.1) is 19.8 Å². The molecule has 0 aliphatic heterocycles. The molecule has 0 bridgehead atoms. The van der Waals surface area contributed by atoms with E-state index in [-0.39, 0.29) is 0 Å². The molecule has 0 aromatic heterocycles. The predicted molar refractivity (Wildman–Crippen MR) is 75.8 cm³/mol. The van der Waals surface area contributed by atoms with Crippen LogP contribution in [0.25, 0.3) is 0 Å². The van der Waals surface area contributed by atoms with Gasteiger partial charge in [0.1, 0.15) is 0 Å². The normalized spacial score (nSPS) is 15.0. The van der Waals surface area contributed by atoms with Crippen LogP contribution >= 0.6 is 0 Å². The Labute approximate surface area is 111 Å². The molecular formula is C16H25NO. The maximum Gasteiger partial charge on any atom is 0.0494 e. The van der Waals surface area contributed by atoms with Crippen LogP contribution in [0.3, 0.4) is 0 Å². The van der Waals surface area contributed by atoms with Crippen LogP contribution in [-0.4, -0.2) is 19.8 Å². The largest absolute Gasteiger partial charge is 0.381 e. The Balaban J connectivity index is 1.55. The Bertz CT molecular complexity index is 371. The first-order chi connectivity index (χ1) is 8.75. The van der Waals surface area contributed by atoms with Crippen LogP contribution in [-0.2, 0) is 11.3 Å². The molecule has 0 radical (unpaired) electrons. The van der Waals surface area contributed by atoms with Crippen molar-refractivity contribution in [3.05, 3.63) is 34.9 Å². The van der Waals surface area contributed by atoms with Gasteiger partial charge in [-0.05, 0) is 56.7 Å². The third-order valence-electron chi connectivity index (χ3n) is 3.51. The molecular weight excluding hydrogens is 222 g/mol. The van der Waals surface area contributed by atoms with Crippen LogP contribution in [0.15, 0.2) is 18.2 Å². The van der Waals surface area contributed by atoms with Crippen LogP contribution in [0.5, 0.6) is 0 Å². The van der Waals surface area contributed by atoms with E-state index < -0.39 is 0 Å². The number of hydrogen-bond acceptors (Lipinski definition) is 2. The minimum atomic E-state index is 0.882. The molecule has 1 N–H and O–H groups in total. The summed E-state index contributed by atoms with van der Waals surface area (Å²) in [5.41, 5.74) is 4.12. The fourth-order valence-corrected chi connectivity index (χ4v) is 2.05. The summed E-state index contributed by atoms with van der Waals surface area (Å²) < 4.78 is 5.61. The first-order valence-corrected chi connectivity index (χ1v) is 7.10. The second-order valence-electron chi connectivity index (χ2n) is 5.48. The third-order valence-corrected chi connectivity index (χ3v) is 3.51. The average molecular weight is 247 g/mol. The number of aryl methyl sites for hydroxylation is 2. The van der Waals surface area contributed by atoms with Crippen molar-refractivity contribution in [1.82, 2.24) is 5.32 Å². The SMILES string of the molecule is Cc1ccc(C)c(CNCCCOCC2CC2)c1. The summed E-state index contributed by atoms with van der Waals surface area (Å²) in [4.78, 5) is 0. The van der Waals surface area contributed by atoms with Gasteiger partial charge >= 0.3 is 0 Å². The van der Waals surface area contributed by atoms with Gasteiger partial charge < -0.3 is 10.1 Å². The van der Waals surface area contributed by atoms with Crippen molar-refractivity contribution in [3.63, 3.8) is 0 Å². The summed E-state index contributed by atoms with van der Waals surface area (Å²) in [6, 6.07) is 6.64. The second kappa shape index (κ2) is 6.91. The zero-order chi connectivity index (χ0) is 12.8. The van der Waals surface area contributed by atoms with Gasteiger partial charge in [0.25, 0.3) is 0 Å². The van der Waals surface area contributed by atoms with E-state index in [9.17, 15) is 0 Å². The molecule has 18 heavy (non-hydrogen) atoms. The highest BCUT2D eigenvalue weighted by molar-refractivity contribution is 5.30. The van der Waals surface area contributed by atoms with Gasteiger partial charge in [0, 0.05) is 19.8 Å². The van der Waals surface area contributed by atoms with Gasteiger partial charge in [-0.15, -0.1) is 0 Å². The second-order valence-corrected chi connectivity index (χ2v) is 5.48. The lowest BCUT2D eigenvalue weighted by Crippen LogP contribution is -2.17. The van der Waals surface area contributed by atoms with Gasteiger partial charge in [0.2, 0.25) is 0 Å². The van der Waals surface area contributed by atoms with E-state index >= 15 is 0 Å². The number of nitrogens with one attached hydrogen (secondary N) is 1. The lowest BCUT2D eigenvalue weighted by molar-refractivity contribution is 0.122. The summed E-state index contributed by atoms with van der Waals surface area (Å²) in [7, 11) is 0. The standard InChI is InChI=1S/C16H25NO/c1-13-4-5-14(2)16(10-13)11-17-8-3-9-18-12-15-6-7-15/h4-5,10,15,17H,3,6-9,11-12H2,1-2H3. The Morgan fingerprint density at radius 2 is 2.11 bits per heavy atom. The molecule has 100 valence electrons. The smallest absolute Gasteiger partial charge is 0.0494 e. The van der Waals surface area contributed by atoms with Crippen molar-refractivity contribution in [2.45, 2.75) is 39.7 Å². The minimum Gasteiger partial charge on any atom is -0.381 e. The first-order valence-electron chi connectivity index (χ1n) is 7.10. The summed E-state index contributed by atoms with van der Waals surface area (Å²) >= 11 is 0. The Hall–Kier alpha value is -0.860. The number of ether oxygens (including phenoxy) is 1. The molecule has 0 saturated heterocycles. The zero-order valence-electron chi connectivity index (χ0n) is 11.7. The Morgan fingerprint density at radius 1 is 1.28 bits per heavy atom. The van der Waals surface area contributed by atoms with Gasteiger partial charge in [-0.2, -0.15) is 0 Å². The van der Waals surface area contributed by atoms with E-state index in [1.54, 1.807) is 0 Å². The van der Waals surface area contributed by atoms with E-state index in [2.05, 4.69) is 37.4 Å². The Morgan fingerprint density at radius 3 is 2.89 bits per heavy atom. The van der Waals surface area contributed by atoms with E-state index in [0.29, 0.717) is 0 Å². The van der Waals surface area contributed by atoms with E-state index in [1.165, 1.54) is 29.5 Å². The molecule has 0 heterocycles. The Kier molecular flexibility index (Phi) is 5.21. The first kappa shape index (κ1) is 13.6. The topological polar surface area (TPSA) is 21.3 Å². The maximum absolute atomic E-state index is 5.61. The molecule has 1 fully saturated rings. The van der Waals surface area contributed by atoms with Crippen LogP contribution in [0.2, 0.25) is 0 Å². The van der Waals surface area contributed by atoms with E-state index in [0.717, 1.165) is 38.6 Å². The minimum absolute atomic E-state index is 0.882. The van der Waals surface area contributed by atoms with Crippen molar-refractivity contribution >= 4 is 0 Å². The number of benzene rings is 1. The van der Waals surface area contributed by atoms with Crippen molar-refractivity contribution in [1.29, 1.82) is 0 Å². The molecule has 1 saturated carbocycles. The fourth-order valence-electron chi connectivity index (χ4n) is 2.05. The molecule has 1 aliphatic carbocycles. The fraction of sp³-hybridized carbons (Fsp3) is 0.625. The summed E-state index contributed by atoms with van der Waals surface area (Å²) in [5, 5.41) is 3.49. The molecule has 1 aliphatic rings. The van der Waals surface area contributed by atoms with Crippen LogP contribution in [0.4, 0.5) is 0 Å². The average Bonchev–Trinajstić information content (AvgIpc) is 3.16. The van der Waals surface area contributed by atoms with E-state index in [4.69, 9.17) is 4.74 Å². The molecule has 0 spiro atoms. The molecule has 1 aromatic carbocycles. The highest BCUT2D eigenvalue weighted by Gasteiger charge is 2.20.